The summed E-state index contributed by atoms with van der Waals surface area (Å²) >= 11 is 0. The molecule has 1 atom stereocenters. The number of nitrogens with one attached hydrogen (secondary N) is 1. The molecule has 0 spiro atoms. The zero-order valence-electron chi connectivity index (χ0n) is 14.7. The lowest BCUT2D eigenvalue weighted by molar-refractivity contribution is 0.136. The molecule has 20 heavy (non-hydrogen) atoms. The van der Waals surface area contributed by atoms with E-state index in [4.69, 9.17) is 0 Å². The summed E-state index contributed by atoms with van der Waals surface area (Å²) in [5, 5.41) is 13.2. The molecule has 0 aromatic heterocycles. The third-order valence-electron chi connectivity index (χ3n) is 3.91. The van der Waals surface area contributed by atoms with Crippen molar-refractivity contribution in [3.63, 3.8) is 0 Å². The maximum atomic E-state index is 9.69. The van der Waals surface area contributed by atoms with E-state index >= 15 is 0 Å². The molecular weight excluding hydrogens is 248 g/mol. The van der Waals surface area contributed by atoms with Gasteiger partial charge in [-0.05, 0) is 44.2 Å². The van der Waals surface area contributed by atoms with Crippen molar-refractivity contribution < 1.29 is 5.11 Å². The fourth-order valence-corrected chi connectivity index (χ4v) is 2.94. The number of rotatable bonds is 12. The van der Waals surface area contributed by atoms with Crippen LogP contribution < -0.4 is 5.32 Å². The molecule has 3 nitrogen and oxygen atoms in total. The molecule has 0 rings (SSSR count). The minimum Gasteiger partial charge on any atom is -0.394 e. The molecule has 2 N–H and O–H groups in total. The van der Waals surface area contributed by atoms with Gasteiger partial charge in [-0.3, -0.25) is 0 Å². The summed E-state index contributed by atoms with van der Waals surface area (Å²) in [4.78, 5) is 2.58. The van der Waals surface area contributed by atoms with E-state index in [0.717, 1.165) is 44.2 Å². The second kappa shape index (κ2) is 10.6. The summed E-state index contributed by atoms with van der Waals surface area (Å²) in [7, 11) is 0. The van der Waals surface area contributed by atoms with Crippen molar-refractivity contribution >= 4 is 0 Å². The molecule has 122 valence electrons. The van der Waals surface area contributed by atoms with Gasteiger partial charge in [0, 0.05) is 18.6 Å². The van der Waals surface area contributed by atoms with Gasteiger partial charge >= 0.3 is 0 Å². The average Bonchev–Trinajstić information content (AvgIpc) is 2.36. The molecule has 0 aromatic rings. The first kappa shape index (κ1) is 19.9. The predicted octanol–water partition coefficient (Wildman–Crippen LogP) is 3.13. The minimum absolute atomic E-state index is 0.0733. The van der Waals surface area contributed by atoms with Gasteiger partial charge < -0.3 is 15.3 Å². The Balaban J connectivity index is 4.31. The Labute approximate surface area is 127 Å². The van der Waals surface area contributed by atoms with Crippen molar-refractivity contribution in [1.29, 1.82) is 0 Å². The Kier molecular flexibility index (Phi) is 10.5. The van der Waals surface area contributed by atoms with Crippen molar-refractivity contribution in [3.05, 3.63) is 0 Å². The van der Waals surface area contributed by atoms with Crippen LogP contribution in [0.4, 0.5) is 0 Å². The van der Waals surface area contributed by atoms with E-state index in [1.165, 1.54) is 13.1 Å². The van der Waals surface area contributed by atoms with Crippen molar-refractivity contribution in [1.82, 2.24) is 10.2 Å². The van der Waals surface area contributed by atoms with E-state index in [2.05, 4.69) is 51.8 Å². The highest BCUT2D eigenvalue weighted by atomic mass is 16.3. The van der Waals surface area contributed by atoms with Crippen LogP contribution in [0.5, 0.6) is 0 Å². The van der Waals surface area contributed by atoms with Crippen LogP contribution >= 0.6 is 0 Å². The van der Waals surface area contributed by atoms with Crippen molar-refractivity contribution in [2.75, 3.05) is 32.8 Å². The van der Waals surface area contributed by atoms with E-state index in [1.54, 1.807) is 0 Å². The molecular formula is C17H38N2O. The standard InChI is InChI=1S/C17H38N2O/c1-7-17(14-20,18-8-2)10-9-11-19(12-15(3)4)13-16(5)6/h15-16,18,20H,7-14H2,1-6H3. The predicted molar refractivity (Wildman–Crippen MR) is 89.1 cm³/mol. The Morgan fingerprint density at radius 2 is 1.60 bits per heavy atom. The van der Waals surface area contributed by atoms with Crippen molar-refractivity contribution in [3.8, 4) is 0 Å². The summed E-state index contributed by atoms with van der Waals surface area (Å²) < 4.78 is 0. The minimum atomic E-state index is -0.0733. The zero-order valence-corrected chi connectivity index (χ0v) is 14.7. The Morgan fingerprint density at radius 3 is 1.95 bits per heavy atom. The van der Waals surface area contributed by atoms with E-state index < -0.39 is 0 Å². The molecule has 0 aliphatic heterocycles. The van der Waals surface area contributed by atoms with Crippen LogP contribution in [0.2, 0.25) is 0 Å². The van der Waals surface area contributed by atoms with E-state index in [-0.39, 0.29) is 12.1 Å². The first-order valence-corrected chi connectivity index (χ1v) is 8.47. The first-order chi connectivity index (χ1) is 9.39. The summed E-state index contributed by atoms with van der Waals surface area (Å²) in [5.74, 6) is 1.44. The Morgan fingerprint density at radius 1 is 1.05 bits per heavy atom. The molecule has 0 fully saturated rings. The van der Waals surface area contributed by atoms with Crippen molar-refractivity contribution in [2.24, 2.45) is 11.8 Å². The third-order valence-corrected chi connectivity index (χ3v) is 3.91. The van der Waals surface area contributed by atoms with Crippen molar-refractivity contribution in [2.45, 2.75) is 66.3 Å². The first-order valence-electron chi connectivity index (χ1n) is 8.47. The number of likely N-dealkylation sites (N-methyl/N-ethyl adjacent to an activating group) is 1. The van der Waals surface area contributed by atoms with Gasteiger partial charge in [0.25, 0.3) is 0 Å². The molecule has 0 bridgehead atoms. The van der Waals surface area contributed by atoms with Gasteiger partial charge in [0.2, 0.25) is 0 Å². The highest BCUT2D eigenvalue weighted by molar-refractivity contribution is 4.86. The molecule has 0 saturated heterocycles. The molecule has 0 aliphatic rings. The molecule has 1 unspecified atom stereocenters. The van der Waals surface area contributed by atoms with Crippen LogP contribution in [0, 0.1) is 11.8 Å². The normalized spacial score (nSPS) is 15.3. The van der Waals surface area contributed by atoms with E-state index in [1.807, 2.05) is 0 Å². The molecule has 0 aromatic carbocycles. The number of aliphatic hydroxyl groups is 1. The van der Waals surface area contributed by atoms with Crippen LogP contribution in [0.15, 0.2) is 0 Å². The topological polar surface area (TPSA) is 35.5 Å². The van der Waals surface area contributed by atoms with Gasteiger partial charge in [0.15, 0.2) is 0 Å². The highest BCUT2D eigenvalue weighted by Gasteiger charge is 2.25. The second-order valence-corrected chi connectivity index (χ2v) is 6.97. The maximum Gasteiger partial charge on any atom is 0.0613 e. The lowest BCUT2D eigenvalue weighted by atomic mass is 9.91. The smallest absolute Gasteiger partial charge is 0.0613 e. The van der Waals surface area contributed by atoms with Crippen LogP contribution in [-0.4, -0.2) is 48.3 Å². The largest absolute Gasteiger partial charge is 0.394 e. The van der Waals surface area contributed by atoms with Crippen LogP contribution in [0.3, 0.4) is 0 Å². The zero-order chi connectivity index (χ0) is 15.6. The Hall–Kier alpha value is -0.120. The highest BCUT2D eigenvalue weighted by Crippen LogP contribution is 2.18. The maximum absolute atomic E-state index is 9.69. The van der Waals surface area contributed by atoms with Crippen LogP contribution in [0.1, 0.15) is 60.8 Å². The van der Waals surface area contributed by atoms with E-state index in [9.17, 15) is 5.11 Å². The number of nitrogens with zero attached hydrogens (tertiary/aromatic N) is 1. The second-order valence-electron chi connectivity index (χ2n) is 6.97. The number of hydrogen-bond donors (Lipinski definition) is 2. The summed E-state index contributed by atoms with van der Waals surface area (Å²) in [5.41, 5.74) is -0.0733. The molecule has 0 saturated carbocycles. The SMILES string of the molecule is CCNC(CC)(CO)CCCN(CC(C)C)CC(C)C. The number of aliphatic hydroxyl groups excluding tert-OH is 1. The molecule has 0 amide bonds. The molecule has 0 heterocycles. The Bertz CT molecular complexity index is 215. The van der Waals surface area contributed by atoms with Gasteiger partial charge in [0.1, 0.15) is 0 Å². The summed E-state index contributed by atoms with van der Waals surface area (Å²) in [6.45, 7) is 18.1. The summed E-state index contributed by atoms with van der Waals surface area (Å²) in [6, 6.07) is 0. The monoisotopic (exact) mass is 286 g/mol. The van der Waals surface area contributed by atoms with E-state index in [0.29, 0.717) is 0 Å². The lowest BCUT2D eigenvalue weighted by Gasteiger charge is -2.33. The molecule has 0 aliphatic carbocycles. The van der Waals surface area contributed by atoms with Crippen LogP contribution in [-0.2, 0) is 0 Å². The quantitative estimate of drug-likeness (QED) is 0.578. The van der Waals surface area contributed by atoms with Gasteiger partial charge in [0.05, 0.1) is 6.61 Å². The van der Waals surface area contributed by atoms with Gasteiger partial charge in [-0.2, -0.15) is 0 Å². The van der Waals surface area contributed by atoms with Gasteiger partial charge in [-0.25, -0.2) is 0 Å². The molecule has 0 radical (unpaired) electrons. The third kappa shape index (κ3) is 8.23. The fraction of sp³-hybridized carbons (Fsp3) is 1.00. The number of hydrogen-bond acceptors (Lipinski definition) is 3. The van der Waals surface area contributed by atoms with Gasteiger partial charge in [-0.15, -0.1) is 0 Å². The molecule has 3 heteroatoms. The fourth-order valence-electron chi connectivity index (χ4n) is 2.94. The average molecular weight is 287 g/mol. The summed E-state index contributed by atoms with van der Waals surface area (Å²) in [6.07, 6.45) is 3.20. The van der Waals surface area contributed by atoms with Crippen LogP contribution in [0.25, 0.3) is 0 Å². The lowest BCUT2D eigenvalue weighted by Crippen LogP contribution is -2.48. The van der Waals surface area contributed by atoms with Gasteiger partial charge in [-0.1, -0.05) is 41.5 Å².